The number of ether oxygens (including phenoxy) is 2. The van der Waals surface area contributed by atoms with E-state index in [1.54, 1.807) is 13.8 Å². The molecule has 0 radical (unpaired) electrons. The number of thioether (sulfide) groups is 2. The zero-order valence-corrected chi connectivity index (χ0v) is 32.7. The van der Waals surface area contributed by atoms with E-state index in [1.165, 1.54) is 40.7 Å². The highest BCUT2D eigenvalue weighted by Gasteiger charge is 2.28. The maximum absolute atomic E-state index is 13.9. The van der Waals surface area contributed by atoms with Gasteiger partial charge < -0.3 is 19.7 Å². The summed E-state index contributed by atoms with van der Waals surface area (Å²) in [6, 6.07) is 10.2. The molecule has 2 aromatic carbocycles. The predicted octanol–water partition coefficient (Wildman–Crippen LogP) is 4.35. The maximum Gasteiger partial charge on any atom is 0.302 e. The maximum atomic E-state index is 13.9. The smallest absolute Gasteiger partial charge is 0.302 e. The molecule has 15 nitrogen and oxygen atoms in total. The number of halogens is 4. The van der Waals surface area contributed by atoms with E-state index in [4.69, 9.17) is 14.6 Å². The molecule has 0 unspecified atom stereocenters. The third kappa shape index (κ3) is 13.6. The van der Waals surface area contributed by atoms with Gasteiger partial charge >= 0.3 is 10.2 Å². The van der Waals surface area contributed by atoms with Crippen LogP contribution in [-0.2, 0) is 31.7 Å². The highest BCUT2D eigenvalue weighted by Crippen LogP contribution is 2.28. The van der Waals surface area contributed by atoms with E-state index in [0.29, 0.717) is 13.1 Å². The summed E-state index contributed by atoms with van der Waals surface area (Å²) in [6.07, 6.45) is 0.589. The Hall–Kier alpha value is -4.00. The number of aliphatic hydroxyl groups is 2. The lowest BCUT2D eigenvalue weighted by molar-refractivity contribution is 0.124. The van der Waals surface area contributed by atoms with Crippen molar-refractivity contribution in [1.82, 2.24) is 24.2 Å². The first-order valence-electron chi connectivity index (χ1n) is 16.2. The monoisotopic (exact) mass is 851 g/mol. The lowest BCUT2D eigenvalue weighted by atomic mass is 10.2. The minimum atomic E-state index is -3.75. The van der Waals surface area contributed by atoms with Crippen LogP contribution in [0.5, 0.6) is 11.8 Å². The summed E-state index contributed by atoms with van der Waals surface area (Å²) in [5.41, 5.74) is 0.239. The number of hydrogen-bond donors (Lipinski definition) is 4. The first-order chi connectivity index (χ1) is 26.0. The SMILES string of the molecule is C[C@H](CO)Oc1cc(NS(=O)(=O)N2CCC2)nc(SCc2cccc(F)c2F)n1.C[C@H](CO)Oc1cc(NS(C)(=O)=O)nc(SCc2cccc(F)c2F)n1. The molecule has 4 aromatic rings. The molecule has 1 aliphatic heterocycles. The van der Waals surface area contributed by atoms with Crippen LogP contribution in [0.1, 0.15) is 31.4 Å². The molecule has 0 bridgehead atoms. The molecule has 23 heteroatoms. The Bertz CT molecular complexity index is 2160. The Morgan fingerprint density at radius 3 is 1.56 bits per heavy atom. The highest BCUT2D eigenvalue weighted by molar-refractivity contribution is 7.98. The van der Waals surface area contributed by atoms with Crippen LogP contribution in [0.2, 0.25) is 0 Å². The molecule has 2 atom stereocenters. The molecule has 0 amide bonds. The summed E-state index contributed by atoms with van der Waals surface area (Å²) in [5, 5.41) is 18.4. The fourth-order valence-corrected chi connectivity index (χ4v) is 7.54. The molecule has 55 heavy (non-hydrogen) atoms. The van der Waals surface area contributed by atoms with Crippen molar-refractivity contribution < 1.29 is 54.1 Å². The summed E-state index contributed by atoms with van der Waals surface area (Å²) in [4.78, 5) is 16.4. The topological polar surface area (TPSA) is 206 Å². The molecule has 1 saturated heterocycles. The van der Waals surface area contributed by atoms with Crippen LogP contribution >= 0.6 is 23.5 Å². The van der Waals surface area contributed by atoms with Gasteiger partial charge in [0.25, 0.3) is 0 Å². The van der Waals surface area contributed by atoms with E-state index in [1.807, 2.05) is 0 Å². The van der Waals surface area contributed by atoms with Gasteiger partial charge in [-0.05, 0) is 32.4 Å². The number of aromatic nitrogens is 4. The largest absolute Gasteiger partial charge is 0.472 e. The molecule has 1 fully saturated rings. The molecule has 0 saturated carbocycles. The highest BCUT2D eigenvalue weighted by atomic mass is 32.2. The minimum Gasteiger partial charge on any atom is -0.472 e. The van der Waals surface area contributed by atoms with Crippen molar-refractivity contribution in [3.63, 3.8) is 0 Å². The Kier molecular flexibility index (Phi) is 15.7. The normalized spacial score (nSPS) is 14.2. The average molecular weight is 852 g/mol. The molecule has 300 valence electrons. The van der Waals surface area contributed by atoms with Crippen molar-refractivity contribution in [3.8, 4) is 11.8 Å². The summed E-state index contributed by atoms with van der Waals surface area (Å²) >= 11 is 1.97. The first kappa shape index (κ1) is 43.7. The number of nitrogens with one attached hydrogen (secondary N) is 2. The van der Waals surface area contributed by atoms with Gasteiger partial charge in [0.1, 0.15) is 23.8 Å². The van der Waals surface area contributed by atoms with Gasteiger partial charge in [-0.1, -0.05) is 47.8 Å². The summed E-state index contributed by atoms with van der Waals surface area (Å²) in [5.74, 6) is -3.75. The number of benzene rings is 2. The number of nitrogens with zero attached hydrogens (tertiary/aromatic N) is 5. The van der Waals surface area contributed by atoms with Gasteiger partial charge in [-0.2, -0.15) is 22.7 Å². The number of aliphatic hydroxyl groups excluding tert-OH is 2. The van der Waals surface area contributed by atoms with Crippen LogP contribution in [0.3, 0.4) is 0 Å². The van der Waals surface area contributed by atoms with Crippen LogP contribution in [0.25, 0.3) is 0 Å². The number of rotatable bonds is 17. The first-order valence-corrected chi connectivity index (χ1v) is 21.5. The third-order valence-electron chi connectivity index (χ3n) is 6.98. The Balaban J connectivity index is 0.000000246. The lowest BCUT2D eigenvalue weighted by Gasteiger charge is -2.29. The van der Waals surface area contributed by atoms with Crippen molar-refractivity contribution in [2.75, 3.05) is 42.0 Å². The van der Waals surface area contributed by atoms with E-state index in [0.717, 1.165) is 48.3 Å². The molecule has 4 N–H and O–H groups in total. The number of hydrogen-bond acceptors (Lipinski definition) is 14. The zero-order chi connectivity index (χ0) is 40.3. The van der Waals surface area contributed by atoms with E-state index >= 15 is 0 Å². The van der Waals surface area contributed by atoms with Crippen LogP contribution in [0.15, 0.2) is 58.8 Å². The second-order valence-corrected chi connectivity index (χ2v) is 17.0. The fourth-order valence-electron chi connectivity index (χ4n) is 4.17. The van der Waals surface area contributed by atoms with Gasteiger partial charge in [-0.15, -0.1) is 0 Å². The summed E-state index contributed by atoms with van der Waals surface area (Å²) in [7, 11) is -7.34. The van der Waals surface area contributed by atoms with Gasteiger partial charge in [0.15, 0.2) is 33.6 Å². The Morgan fingerprint density at radius 2 is 1.18 bits per heavy atom. The summed E-state index contributed by atoms with van der Waals surface area (Å²) in [6.45, 7) is 3.52. The average Bonchev–Trinajstić information content (AvgIpc) is 3.07. The molecule has 1 aliphatic rings. The van der Waals surface area contributed by atoms with Crippen LogP contribution in [0, 0.1) is 23.3 Å². The van der Waals surface area contributed by atoms with Crippen LogP contribution in [-0.4, -0.2) is 96.1 Å². The van der Waals surface area contributed by atoms with Gasteiger partial charge in [0.2, 0.25) is 21.8 Å². The minimum absolute atomic E-state index is 0.0192. The predicted molar refractivity (Wildman–Crippen MR) is 197 cm³/mol. The van der Waals surface area contributed by atoms with Gasteiger partial charge in [-0.3, -0.25) is 9.44 Å². The van der Waals surface area contributed by atoms with Crippen LogP contribution in [0.4, 0.5) is 29.2 Å². The van der Waals surface area contributed by atoms with Crippen molar-refractivity contribution in [3.05, 3.63) is 82.9 Å². The Morgan fingerprint density at radius 1 is 0.745 bits per heavy atom. The summed E-state index contributed by atoms with van der Waals surface area (Å²) < 4.78 is 118. The molecule has 0 spiro atoms. The van der Waals surface area contributed by atoms with Crippen molar-refractivity contribution in [2.24, 2.45) is 0 Å². The van der Waals surface area contributed by atoms with E-state index in [9.17, 15) is 39.5 Å². The van der Waals surface area contributed by atoms with Crippen LogP contribution < -0.4 is 18.9 Å². The number of anilines is 2. The Labute approximate surface area is 323 Å². The standard InChI is InChI=1S/C17H20F2N4O4S2.C15H17F2N3O4S2/c1-11(9-24)27-15-8-14(22-29(25,26)23-6-3-7-23)20-17(21-15)28-10-12-4-2-5-13(18)16(12)19;1-9(7-21)24-13-6-12(20-26(2,22)23)18-15(19-13)25-8-10-4-3-5-11(16)14(10)17/h2,4-5,8,11,24H,3,6-7,9-10H2,1H3,(H,20,21,22);3-6,9,21H,7-8H2,1-2H3,(H,18,19,20)/t11-;9-/m11/s1. The van der Waals surface area contributed by atoms with Gasteiger partial charge in [0, 0.05) is 47.9 Å². The van der Waals surface area contributed by atoms with E-state index < -0.39 is 55.7 Å². The molecule has 5 rings (SSSR count). The van der Waals surface area contributed by atoms with Crippen molar-refractivity contribution >= 4 is 55.4 Å². The molecule has 0 aliphatic carbocycles. The number of sulfonamides is 1. The zero-order valence-electron chi connectivity index (χ0n) is 29.4. The molecule has 3 heterocycles. The van der Waals surface area contributed by atoms with Crippen molar-refractivity contribution in [2.45, 2.75) is 54.3 Å². The lowest BCUT2D eigenvalue weighted by Crippen LogP contribution is -2.45. The second kappa shape index (κ2) is 19.7. The third-order valence-corrected chi connectivity index (χ3v) is 10.9. The molecular weight excluding hydrogens is 815 g/mol. The van der Waals surface area contributed by atoms with Gasteiger partial charge in [-0.25, -0.2) is 35.9 Å². The van der Waals surface area contributed by atoms with E-state index in [-0.39, 0.29) is 69.6 Å². The fraction of sp³-hybridized carbons (Fsp3) is 0.375. The second-order valence-electron chi connectivity index (χ2n) is 11.7. The van der Waals surface area contributed by atoms with Gasteiger partial charge in [0.05, 0.1) is 19.5 Å². The van der Waals surface area contributed by atoms with E-state index in [2.05, 4.69) is 29.4 Å². The quantitative estimate of drug-likeness (QED) is 0.0663. The molecule has 2 aromatic heterocycles. The molecular formula is C32H37F4N7O8S4. The van der Waals surface area contributed by atoms with Crippen molar-refractivity contribution in [1.29, 1.82) is 0 Å².